The number of rotatable bonds is 7. The Hall–Kier alpha value is -2.08. The van der Waals surface area contributed by atoms with Gasteiger partial charge in [0.25, 0.3) is 0 Å². The number of ether oxygens (including phenoxy) is 1. The summed E-state index contributed by atoms with van der Waals surface area (Å²) in [5, 5.41) is 19.6. The van der Waals surface area contributed by atoms with Crippen molar-refractivity contribution < 1.29 is 14.9 Å². The number of aliphatic hydroxyl groups is 1. The van der Waals surface area contributed by atoms with Crippen LogP contribution in [0.3, 0.4) is 0 Å². The van der Waals surface area contributed by atoms with Crippen LogP contribution in [0.5, 0.6) is 11.5 Å². The van der Waals surface area contributed by atoms with Gasteiger partial charge in [-0.25, -0.2) is 0 Å². The van der Waals surface area contributed by atoms with E-state index in [0.717, 1.165) is 56.0 Å². The van der Waals surface area contributed by atoms with Crippen molar-refractivity contribution in [3.63, 3.8) is 0 Å². The molecule has 2 aromatic carbocycles. The molecule has 1 heterocycles. The summed E-state index contributed by atoms with van der Waals surface area (Å²) in [5.41, 5.74) is 4.33. The quantitative estimate of drug-likeness (QED) is 0.768. The molecule has 5 nitrogen and oxygen atoms in total. The Bertz CT molecular complexity index is 770. The molecule has 1 aliphatic rings. The largest absolute Gasteiger partial charge is 0.507 e. The van der Waals surface area contributed by atoms with Gasteiger partial charge in [-0.2, -0.15) is 0 Å². The maximum Gasteiger partial charge on any atom is 0.121 e. The fourth-order valence-electron chi connectivity index (χ4n) is 4.13. The summed E-state index contributed by atoms with van der Waals surface area (Å²) < 4.78 is 5.34. The average molecular weight is 385 g/mol. The first kappa shape index (κ1) is 20.6. The summed E-state index contributed by atoms with van der Waals surface area (Å²) in [6.07, 6.45) is 0.772. The molecule has 0 saturated carbocycles. The van der Waals surface area contributed by atoms with Crippen molar-refractivity contribution in [2.45, 2.75) is 39.4 Å². The lowest BCUT2D eigenvalue weighted by atomic mass is 10.0. The van der Waals surface area contributed by atoms with E-state index in [2.05, 4.69) is 34.1 Å². The van der Waals surface area contributed by atoms with Gasteiger partial charge in [-0.1, -0.05) is 24.3 Å². The standard InChI is InChI=1S/C23H32N2O3/c1-17-11-20(12-18(2)23(17)27)14-24-8-9-25(21(16-24)7-10-26)15-19-5-4-6-22(13-19)28-3/h4-6,11-13,21,26-27H,7-10,14-16H2,1-3H3. The Morgan fingerprint density at radius 2 is 1.79 bits per heavy atom. The number of aryl methyl sites for hydroxylation is 2. The van der Waals surface area contributed by atoms with Gasteiger partial charge in [0.15, 0.2) is 0 Å². The molecular formula is C23H32N2O3. The SMILES string of the molecule is COc1cccc(CN2CCN(Cc3cc(C)c(O)c(C)c3)CC2CCO)c1. The minimum Gasteiger partial charge on any atom is -0.507 e. The van der Waals surface area contributed by atoms with E-state index in [1.165, 1.54) is 11.1 Å². The van der Waals surface area contributed by atoms with Crippen LogP contribution in [0.15, 0.2) is 36.4 Å². The number of aliphatic hydroxyl groups excluding tert-OH is 1. The third-order valence-electron chi connectivity index (χ3n) is 5.63. The molecule has 5 heteroatoms. The zero-order chi connectivity index (χ0) is 20.1. The van der Waals surface area contributed by atoms with Gasteiger partial charge in [-0.05, 0) is 54.7 Å². The van der Waals surface area contributed by atoms with Gasteiger partial charge in [0.1, 0.15) is 11.5 Å². The molecule has 0 spiro atoms. The molecule has 152 valence electrons. The molecule has 1 saturated heterocycles. The smallest absolute Gasteiger partial charge is 0.121 e. The fourth-order valence-corrected chi connectivity index (χ4v) is 4.13. The van der Waals surface area contributed by atoms with Gasteiger partial charge in [-0.3, -0.25) is 9.80 Å². The summed E-state index contributed by atoms with van der Waals surface area (Å²) in [6, 6.07) is 12.7. The summed E-state index contributed by atoms with van der Waals surface area (Å²) >= 11 is 0. The molecule has 28 heavy (non-hydrogen) atoms. The van der Waals surface area contributed by atoms with Gasteiger partial charge < -0.3 is 14.9 Å². The fraction of sp³-hybridized carbons (Fsp3) is 0.478. The second-order valence-electron chi connectivity index (χ2n) is 7.80. The van der Waals surface area contributed by atoms with Gasteiger partial charge in [0, 0.05) is 45.4 Å². The van der Waals surface area contributed by atoms with Crippen LogP contribution in [0.25, 0.3) is 0 Å². The Morgan fingerprint density at radius 1 is 1.04 bits per heavy atom. The summed E-state index contributed by atoms with van der Waals surface area (Å²) in [6.45, 7) is 8.74. The maximum atomic E-state index is 10.0. The molecule has 0 radical (unpaired) electrons. The van der Waals surface area contributed by atoms with E-state index in [4.69, 9.17) is 4.74 Å². The molecule has 0 amide bonds. The molecule has 2 N–H and O–H groups in total. The van der Waals surface area contributed by atoms with Gasteiger partial charge in [-0.15, -0.1) is 0 Å². The van der Waals surface area contributed by atoms with E-state index in [1.807, 2.05) is 26.0 Å². The third kappa shape index (κ3) is 5.04. The van der Waals surface area contributed by atoms with E-state index in [-0.39, 0.29) is 6.61 Å². The van der Waals surface area contributed by atoms with Crippen LogP contribution in [0.1, 0.15) is 28.7 Å². The van der Waals surface area contributed by atoms with Crippen LogP contribution in [-0.4, -0.2) is 59.4 Å². The Labute approximate surface area is 168 Å². The number of hydrogen-bond donors (Lipinski definition) is 2. The van der Waals surface area contributed by atoms with E-state index in [9.17, 15) is 10.2 Å². The molecule has 0 aliphatic carbocycles. The third-order valence-corrected chi connectivity index (χ3v) is 5.63. The number of phenolic OH excluding ortho intramolecular Hbond substituents is 1. The lowest BCUT2D eigenvalue weighted by Crippen LogP contribution is -2.52. The summed E-state index contributed by atoms with van der Waals surface area (Å²) in [5.74, 6) is 1.28. The van der Waals surface area contributed by atoms with Crippen LogP contribution in [0, 0.1) is 13.8 Å². The van der Waals surface area contributed by atoms with E-state index >= 15 is 0 Å². The van der Waals surface area contributed by atoms with Crippen molar-refractivity contribution in [3.8, 4) is 11.5 Å². The van der Waals surface area contributed by atoms with Crippen molar-refractivity contribution in [1.29, 1.82) is 0 Å². The molecule has 0 bridgehead atoms. The van der Waals surface area contributed by atoms with Crippen LogP contribution in [-0.2, 0) is 13.1 Å². The highest BCUT2D eigenvalue weighted by atomic mass is 16.5. The number of nitrogens with zero attached hydrogens (tertiary/aromatic N) is 2. The maximum absolute atomic E-state index is 10.0. The van der Waals surface area contributed by atoms with E-state index < -0.39 is 0 Å². The molecule has 1 aliphatic heterocycles. The highest BCUT2D eigenvalue weighted by Gasteiger charge is 2.27. The van der Waals surface area contributed by atoms with Crippen molar-refractivity contribution in [2.24, 2.45) is 0 Å². The average Bonchev–Trinajstić information content (AvgIpc) is 2.68. The Balaban J connectivity index is 1.66. The van der Waals surface area contributed by atoms with Gasteiger partial charge >= 0.3 is 0 Å². The van der Waals surface area contributed by atoms with Crippen LogP contribution in [0.2, 0.25) is 0 Å². The number of piperazine rings is 1. The number of methoxy groups -OCH3 is 1. The Morgan fingerprint density at radius 3 is 2.46 bits per heavy atom. The number of hydrogen-bond acceptors (Lipinski definition) is 5. The lowest BCUT2D eigenvalue weighted by molar-refractivity contribution is 0.0499. The minimum atomic E-state index is 0.199. The highest BCUT2D eigenvalue weighted by Crippen LogP contribution is 2.25. The van der Waals surface area contributed by atoms with Crippen LogP contribution in [0.4, 0.5) is 0 Å². The summed E-state index contributed by atoms with van der Waals surface area (Å²) in [4.78, 5) is 4.92. The normalized spacial score (nSPS) is 18.4. The van der Waals surface area contributed by atoms with Crippen molar-refractivity contribution in [2.75, 3.05) is 33.4 Å². The molecule has 1 atom stereocenters. The van der Waals surface area contributed by atoms with Crippen molar-refractivity contribution >= 4 is 0 Å². The Kier molecular flexibility index (Phi) is 6.94. The molecule has 1 fully saturated rings. The minimum absolute atomic E-state index is 0.199. The monoisotopic (exact) mass is 384 g/mol. The molecule has 1 unspecified atom stereocenters. The summed E-state index contributed by atoms with van der Waals surface area (Å²) in [7, 11) is 1.69. The highest BCUT2D eigenvalue weighted by molar-refractivity contribution is 5.42. The van der Waals surface area contributed by atoms with E-state index in [0.29, 0.717) is 11.8 Å². The predicted octanol–water partition coefficient (Wildman–Crippen LogP) is 3.09. The number of benzene rings is 2. The molecule has 2 aromatic rings. The first-order valence-corrected chi connectivity index (χ1v) is 9.99. The van der Waals surface area contributed by atoms with Gasteiger partial charge in [0.2, 0.25) is 0 Å². The zero-order valence-corrected chi connectivity index (χ0v) is 17.2. The molecule has 0 aromatic heterocycles. The number of aromatic hydroxyl groups is 1. The van der Waals surface area contributed by atoms with E-state index in [1.54, 1.807) is 7.11 Å². The second-order valence-corrected chi connectivity index (χ2v) is 7.80. The van der Waals surface area contributed by atoms with Crippen molar-refractivity contribution in [1.82, 2.24) is 9.80 Å². The molecule has 3 rings (SSSR count). The van der Waals surface area contributed by atoms with Crippen LogP contribution < -0.4 is 4.74 Å². The van der Waals surface area contributed by atoms with Gasteiger partial charge in [0.05, 0.1) is 7.11 Å². The van der Waals surface area contributed by atoms with Crippen LogP contribution >= 0.6 is 0 Å². The topological polar surface area (TPSA) is 56.2 Å². The van der Waals surface area contributed by atoms with Crippen molar-refractivity contribution in [3.05, 3.63) is 58.7 Å². The first-order chi connectivity index (χ1) is 13.5. The second kappa shape index (κ2) is 9.41. The first-order valence-electron chi connectivity index (χ1n) is 9.99. The predicted molar refractivity (Wildman–Crippen MR) is 112 cm³/mol. The molecular weight excluding hydrogens is 352 g/mol. The lowest BCUT2D eigenvalue weighted by Gasteiger charge is -2.41. The number of phenols is 1. The zero-order valence-electron chi connectivity index (χ0n) is 17.2.